The molecule has 1 aliphatic heterocycles. The molecule has 0 aromatic heterocycles. The maximum Gasteiger partial charge on any atom is 0.311 e. The van der Waals surface area contributed by atoms with Crippen LogP contribution in [0.3, 0.4) is 0 Å². The number of hydrogen-bond acceptors (Lipinski definition) is 4. The fourth-order valence-electron chi connectivity index (χ4n) is 3.55. The fraction of sp³-hybridized carbons (Fsp3) is 0.316. The van der Waals surface area contributed by atoms with E-state index < -0.39 is 16.8 Å². The molecule has 1 aliphatic rings. The van der Waals surface area contributed by atoms with E-state index in [2.05, 4.69) is 17.0 Å². The molecule has 25 heavy (non-hydrogen) atoms. The summed E-state index contributed by atoms with van der Waals surface area (Å²) in [6.07, 6.45) is 1.56. The van der Waals surface area contributed by atoms with Crippen molar-refractivity contribution in [1.29, 1.82) is 0 Å². The van der Waals surface area contributed by atoms with E-state index in [4.69, 9.17) is 0 Å². The highest BCUT2D eigenvalue weighted by Crippen LogP contribution is 2.35. The second-order valence-electron chi connectivity index (χ2n) is 6.32. The summed E-state index contributed by atoms with van der Waals surface area (Å²) in [5.41, 5.74) is 1.77. The second kappa shape index (κ2) is 7.34. The minimum Gasteiger partial charge on any atom is -0.481 e. The quantitative estimate of drug-likeness (QED) is 0.663. The van der Waals surface area contributed by atoms with E-state index in [1.54, 1.807) is 12.1 Å². The Kier molecular flexibility index (Phi) is 4.97. The van der Waals surface area contributed by atoms with E-state index in [-0.39, 0.29) is 11.6 Å². The molecule has 1 saturated heterocycles. The summed E-state index contributed by atoms with van der Waals surface area (Å²) < 4.78 is 0. The monoisotopic (exact) mass is 340 g/mol. The van der Waals surface area contributed by atoms with Gasteiger partial charge in [0.25, 0.3) is 5.69 Å². The molecule has 0 spiro atoms. The van der Waals surface area contributed by atoms with Crippen molar-refractivity contribution in [2.45, 2.75) is 18.8 Å². The number of piperidine rings is 1. The average Bonchev–Trinajstić information content (AvgIpc) is 2.63. The molecule has 1 N–H and O–H groups in total. The molecule has 0 saturated carbocycles. The third kappa shape index (κ3) is 3.79. The number of benzene rings is 2. The van der Waals surface area contributed by atoms with Gasteiger partial charge in [-0.25, -0.2) is 0 Å². The summed E-state index contributed by atoms with van der Waals surface area (Å²) in [5, 5.41) is 20.5. The Morgan fingerprint density at radius 2 is 1.68 bits per heavy atom. The van der Waals surface area contributed by atoms with Gasteiger partial charge in [-0.2, -0.15) is 0 Å². The fourth-order valence-corrected chi connectivity index (χ4v) is 3.55. The van der Waals surface area contributed by atoms with Crippen LogP contribution in [0.25, 0.3) is 0 Å². The molecule has 1 fully saturated rings. The molecular weight excluding hydrogens is 320 g/mol. The van der Waals surface area contributed by atoms with Gasteiger partial charge >= 0.3 is 5.97 Å². The molecule has 0 radical (unpaired) electrons. The summed E-state index contributed by atoms with van der Waals surface area (Å²) in [6.45, 7) is 1.62. The number of carbonyl (C=O) groups is 1. The van der Waals surface area contributed by atoms with E-state index in [9.17, 15) is 20.0 Å². The Bertz CT molecular complexity index is 738. The highest BCUT2D eigenvalue weighted by molar-refractivity contribution is 5.76. The number of para-hydroxylation sites is 1. The minimum atomic E-state index is -0.869. The number of non-ortho nitro benzene ring substituents is 1. The number of aliphatic carboxylic acids is 1. The van der Waals surface area contributed by atoms with Gasteiger partial charge in [0.1, 0.15) is 0 Å². The van der Waals surface area contributed by atoms with E-state index >= 15 is 0 Å². The van der Waals surface area contributed by atoms with Crippen molar-refractivity contribution in [3.8, 4) is 0 Å². The van der Waals surface area contributed by atoms with Gasteiger partial charge in [0.15, 0.2) is 0 Å². The zero-order valence-corrected chi connectivity index (χ0v) is 13.7. The SMILES string of the molecule is O=C(O)C(c1ccc([N+](=O)[O-])cc1)C1CCN(c2ccccc2)CC1. The number of nitro benzene ring substituents is 1. The van der Waals surface area contributed by atoms with Gasteiger partial charge in [-0.15, -0.1) is 0 Å². The van der Waals surface area contributed by atoms with Crippen LogP contribution in [-0.4, -0.2) is 29.1 Å². The maximum atomic E-state index is 11.8. The summed E-state index contributed by atoms with van der Waals surface area (Å²) in [7, 11) is 0. The largest absolute Gasteiger partial charge is 0.481 e. The van der Waals surface area contributed by atoms with Crippen LogP contribution in [0.5, 0.6) is 0 Å². The van der Waals surface area contributed by atoms with E-state index in [0.717, 1.165) is 31.6 Å². The van der Waals surface area contributed by atoms with Crippen molar-refractivity contribution in [1.82, 2.24) is 0 Å². The van der Waals surface area contributed by atoms with Crippen molar-refractivity contribution >= 4 is 17.3 Å². The molecule has 2 aromatic rings. The summed E-state index contributed by atoms with van der Waals surface area (Å²) in [5.74, 6) is -1.47. The van der Waals surface area contributed by atoms with Crippen LogP contribution in [0.4, 0.5) is 11.4 Å². The molecule has 0 bridgehead atoms. The van der Waals surface area contributed by atoms with E-state index in [1.807, 2.05) is 18.2 Å². The van der Waals surface area contributed by atoms with Crippen LogP contribution in [0.2, 0.25) is 0 Å². The molecule has 6 heteroatoms. The van der Waals surface area contributed by atoms with E-state index in [0.29, 0.717) is 5.56 Å². The van der Waals surface area contributed by atoms with Gasteiger partial charge in [-0.3, -0.25) is 14.9 Å². The van der Waals surface area contributed by atoms with Crippen LogP contribution in [0.1, 0.15) is 24.3 Å². The summed E-state index contributed by atoms with van der Waals surface area (Å²) >= 11 is 0. The zero-order valence-electron chi connectivity index (χ0n) is 13.7. The van der Waals surface area contributed by atoms with Crippen molar-refractivity contribution in [2.24, 2.45) is 5.92 Å². The smallest absolute Gasteiger partial charge is 0.311 e. The Hall–Kier alpha value is -2.89. The molecular formula is C19H20N2O4. The first-order valence-electron chi connectivity index (χ1n) is 8.33. The number of nitro groups is 1. The van der Waals surface area contributed by atoms with Gasteiger partial charge in [-0.05, 0) is 36.5 Å². The summed E-state index contributed by atoms with van der Waals surface area (Å²) in [6, 6.07) is 16.0. The van der Waals surface area contributed by atoms with Gasteiger partial charge in [0, 0.05) is 30.9 Å². The number of rotatable bonds is 5. The molecule has 0 aliphatic carbocycles. The highest BCUT2D eigenvalue weighted by Gasteiger charge is 2.32. The van der Waals surface area contributed by atoms with Crippen LogP contribution < -0.4 is 4.90 Å². The lowest BCUT2D eigenvalue weighted by Gasteiger charge is -2.36. The molecule has 1 unspecified atom stereocenters. The number of carboxylic acids is 1. The van der Waals surface area contributed by atoms with Crippen molar-refractivity contribution in [3.63, 3.8) is 0 Å². The molecule has 0 amide bonds. The number of nitrogens with zero attached hydrogens (tertiary/aromatic N) is 2. The lowest BCUT2D eigenvalue weighted by Crippen LogP contribution is -2.37. The molecule has 1 atom stereocenters. The van der Waals surface area contributed by atoms with Crippen molar-refractivity contribution in [2.75, 3.05) is 18.0 Å². The molecule has 2 aromatic carbocycles. The Balaban J connectivity index is 1.72. The number of anilines is 1. The van der Waals surface area contributed by atoms with E-state index in [1.165, 1.54) is 12.1 Å². The lowest BCUT2D eigenvalue weighted by molar-refractivity contribution is -0.384. The third-order valence-corrected chi connectivity index (χ3v) is 4.86. The van der Waals surface area contributed by atoms with Crippen LogP contribution in [0.15, 0.2) is 54.6 Å². The van der Waals surface area contributed by atoms with Gasteiger partial charge in [-0.1, -0.05) is 30.3 Å². The predicted octanol–water partition coefficient (Wildman–Crippen LogP) is 3.68. The first-order chi connectivity index (χ1) is 12.1. The highest BCUT2D eigenvalue weighted by atomic mass is 16.6. The second-order valence-corrected chi connectivity index (χ2v) is 6.32. The standard InChI is InChI=1S/C19H20N2O4/c22-19(23)18(14-6-8-17(9-7-14)21(24)25)15-10-12-20(13-11-15)16-4-2-1-3-5-16/h1-9,15,18H,10-13H2,(H,22,23). The summed E-state index contributed by atoms with van der Waals surface area (Å²) in [4.78, 5) is 24.4. The first kappa shape index (κ1) is 17.0. The van der Waals surface area contributed by atoms with Crippen molar-refractivity contribution in [3.05, 3.63) is 70.3 Å². The topological polar surface area (TPSA) is 83.7 Å². The molecule has 3 rings (SSSR count). The minimum absolute atomic E-state index is 0.0215. The normalized spacial score (nSPS) is 16.4. The average molecular weight is 340 g/mol. The molecule has 1 heterocycles. The zero-order chi connectivity index (χ0) is 17.8. The predicted molar refractivity (Wildman–Crippen MR) is 94.9 cm³/mol. The van der Waals surface area contributed by atoms with Crippen LogP contribution in [-0.2, 0) is 4.79 Å². The number of carboxylic acid groups (broad SMARTS) is 1. The maximum absolute atomic E-state index is 11.8. The van der Waals surface area contributed by atoms with Gasteiger partial charge in [0.2, 0.25) is 0 Å². The van der Waals surface area contributed by atoms with Gasteiger partial charge in [0.05, 0.1) is 10.8 Å². The number of hydrogen-bond donors (Lipinski definition) is 1. The molecule has 130 valence electrons. The van der Waals surface area contributed by atoms with Gasteiger partial charge < -0.3 is 10.0 Å². The first-order valence-corrected chi connectivity index (χ1v) is 8.33. The van der Waals surface area contributed by atoms with Crippen LogP contribution in [0, 0.1) is 16.0 Å². The Labute approximate surface area is 145 Å². The Morgan fingerprint density at radius 3 is 2.20 bits per heavy atom. The third-order valence-electron chi connectivity index (χ3n) is 4.86. The Morgan fingerprint density at radius 1 is 1.08 bits per heavy atom. The molecule has 6 nitrogen and oxygen atoms in total. The lowest BCUT2D eigenvalue weighted by atomic mass is 9.80. The van der Waals surface area contributed by atoms with Crippen molar-refractivity contribution < 1.29 is 14.8 Å². The van der Waals surface area contributed by atoms with Crippen LogP contribution >= 0.6 is 0 Å².